The van der Waals surface area contributed by atoms with Gasteiger partial charge in [-0.05, 0) is 19.3 Å². The summed E-state index contributed by atoms with van der Waals surface area (Å²) in [5.74, 6) is -3.23. The minimum atomic E-state index is -3.28. The van der Waals surface area contributed by atoms with Crippen LogP contribution in [0.4, 0.5) is 4.39 Å². The Bertz CT molecular complexity index is 880. The summed E-state index contributed by atoms with van der Waals surface area (Å²) in [7, 11) is 0. The highest BCUT2D eigenvalue weighted by Crippen LogP contribution is 2.44. The van der Waals surface area contributed by atoms with Crippen molar-refractivity contribution >= 4 is 0 Å². The molecule has 1 aliphatic rings. The van der Waals surface area contributed by atoms with Crippen LogP contribution in [0.1, 0.15) is 70.8 Å². The molecule has 0 aliphatic carbocycles. The number of hydroxylamine groups is 2. The molecule has 33 heavy (non-hydrogen) atoms. The molecule has 0 amide bonds. The molecule has 1 fully saturated rings. The van der Waals surface area contributed by atoms with Crippen LogP contribution in [0.5, 0.6) is 0 Å². The van der Waals surface area contributed by atoms with Gasteiger partial charge in [0.1, 0.15) is 12.2 Å². The lowest BCUT2D eigenvalue weighted by molar-refractivity contribution is -0.428. The van der Waals surface area contributed by atoms with Gasteiger partial charge in [0, 0.05) is 11.8 Å². The third-order valence-corrected chi connectivity index (χ3v) is 6.01. The fourth-order valence-electron chi connectivity index (χ4n) is 4.08. The number of aromatic nitrogens is 2. The molecule has 5 atom stereocenters. The third-order valence-electron chi connectivity index (χ3n) is 6.01. The van der Waals surface area contributed by atoms with Crippen molar-refractivity contribution in [2.24, 2.45) is 0 Å². The smallest absolute Gasteiger partial charge is 0.332 e. The van der Waals surface area contributed by atoms with Crippen LogP contribution in [0.15, 0.2) is 15.8 Å². The monoisotopic (exact) mass is 477 g/mol. The number of H-pyrrole nitrogens is 1. The second-order valence-corrected chi connectivity index (χ2v) is 8.49. The van der Waals surface area contributed by atoms with Crippen LogP contribution in [-0.4, -0.2) is 71.1 Å². The van der Waals surface area contributed by atoms with Gasteiger partial charge in [-0.1, -0.05) is 52.4 Å². The van der Waals surface area contributed by atoms with E-state index in [0.29, 0.717) is 23.8 Å². The number of alkyl halides is 1. The molecule has 11 nitrogen and oxygen atoms in total. The van der Waals surface area contributed by atoms with E-state index in [9.17, 15) is 39.6 Å². The standard InChI is InChI=1S/C21H36FN3O8/c1-3-5-6-7-8-9-11-16(22)25(32)20(30)17(27)15(13-26)33-21(20,31)24-12-14(10-4-2)18(28)23-19(24)29/h12,15-17,26-27,30-32H,3-11,13H2,1-2H3,(H,23,28,29)/t15-,16?,17-,20-,21-/m1/s1. The number of hydrogen-bond donors (Lipinski definition) is 6. The number of aryl methyl sites for hydroxylation is 1. The van der Waals surface area contributed by atoms with Crippen LogP contribution in [0.25, 0.3) is 0 Å². The number of aliphatic hydroxyl groups is 4. The SMILES string of the molecule is CCCCCCCCC(F)N(O)[C@@]1(O)[C@H](O)[C@@H](CO)O[C@@]1(O)n1cc(CCC)c(=O)[nH]c1=O. The van der Waals surface area contributed by atoms with E-state index in [-0.39, 0.29) is 23.5 Å². The fraction of sp³-hybridized carbons (Fsp3) is 0.810. The van der Waals surface area contributed by atoms with E-state index >= 15 is 0 Å². The first kappa shape index (κ1) is 27.6. The minimum Gasteiger partial charge on any atom is -0.394 e. The maximum absolute atomic E-state index is 14.9. The molecular formula is C21H36FN3O8. The topological polar surface area (TPSA) is 168 Å². The molecule has 1 aromatic heterocycles. The van der Waals surface area contributed by atoms with E-state index in [1.165, 1.54) is 0 Å². The average molecular weight is 478 g/mol. The van der Waals surface area contributed by atoms with E-state index in [4.69, 9.17) is 4.74 Å². The first-order valence-electron chi connectivity index (χ1n) is 11.5. The lowest BCUT2D eigenvalue weighted by Gasteiger charge is -2.43. The molecule has 1 saturated heterocycles. The van der Waals surface area contributed by atoms with E-state index in [1.54, 1.807) is 6.92 Å². The van der Waals surface area contributed by atoms with Gasteiger partial charge in [-0.3, -0.25) is 9.78 Å². The Morgan fingerprint density at radius 1 is 1.18 bits per heavy atom. The Kier molecular flexibility index (Phi) is 9.73. The number of ether oxygens (including phenoxy) is 1. The number of aliphatic hydroxyl groups excluding tert-OH is 2. The van der Waals surface area contributed by atoms with Gasteiger partial charge >= 0.3 is 11.6 Å². The predicted molar refractivity (Wildman–Crippen MR) is 115 cm³/mol. The van der Waals surface area contributed by atoms with Crippen molar-refractivity contribution in [1.29, 1.82) is 0 Å². The number of hydrogen-bond acceptors (Lipinski definition) is 9. The van der Waals surface area contributed by atoms with Crippen LogP contribution >= 0.6 is 0 Å². The van der Waals surface area contributed by atoms with E-state index in [1.807, 2.05) is 4.98 Å². The number of nitrogens with one attached hydrogen (secondary N) is 1. The van der Waals surface area contributed by atoms with Crippen molar-refractivity contribution in [3.8, 4) is 0 Å². The summed E-state index contributed by atoms with van der Waals surface area (Å²) in [6.45, 7) is 2.91. The molecule has 190 valence electrons. The lowest BCUT2D eigenvalue weighted by atomic mass is 9.99. The van der Waals surface area contributed by atoms with Crippen molar-refractivity contribution in [1.82, 2.24) is 14.6 Å². The van der Waals surface area contributed by atoms with Crippen LogP contribution in [0.2, 0.25) is 0 Å². The number of nitrogens with zero attached hydrogens (tertiary/aromatic N) is 2. The highest BCUT2D eigenvalue weighted by Gasteiger charge is 2.71. The summed E-state index contributed by atoms with van der Waals surface area (Å²) in [4.78, 5) is 26.5. The maximum atomic E-state index is 14.9. The molecule has 0 aromatic carbocycles. The van der Waals surface area contributed by atoms with Gasteiger partial charge in [-0.2, -0.15) is 0 Å². The first-order valence-corrected chi connectivity index (χ1v) is 11.5. The highest BCUT2D eigenvalue weighted by atomic mass is 19.1. The number of halogens is 1. The van der Waals surface area contributed by atoms with Crippen LogP contribution < -0.4 is 11.2 Å². The number of aromatic amines is 1. The Hall–Kier alpha value is -1.67. The zero-order valence-electron chi connectivity index (χ0n) is 19.1. The molecule has 0 spiro atoms. The molecular weight excluding hydrogens is 441 g/mol. The Morgan fingerprint density at radius 3 is 2.42 bits per heavy atom. The van der Waals surface area contributed by atoms with Crippen molar-refractivity contribution in [2.45, 2.75) is 102 Å². The molecule has 1 unspecified atom stereocenters. The van der Waals surface area contributed by atoms with Crippen LogP contribution in [-0.2, 0) is 17.1 Å². The molecule has 6 N–H and O–H groups in total. The summed E-state index contributed by atoms with van der Waals surface area (Å²) in [5, 5.41) is 52.8. The van der Waals surface area contributed by atoms with Crippen LogP contribution in [0.3, 0.4) is 0 Å². The van der Waals surface area contributed by atoms with Crippen molar-refractivity contribution in [3.63, 3.8) is 0 Å². The average Bonchev–Trinajstić information content (AvgIpc) is 2.99. The molecule has 0 bridgehead atoms. The zero-order chi connectivity index (χ0) is 24.8. The van der Waals surface area contributed by atoms with Gasteiger partial charge in [0.15, 0.2) is 6.30 Å². The largest absolute Gasteiger partial charge is 0.394 e. The Morgan fingerprint density at radius 2 is 1.82 bits per heavy atom. The second-order valence-electron chi connectivity index (χ2n) is 8.49. The Labute approximate surface area is 191 Å². The van der Waals surface area contributed by atoms with E-state index < -0.39 is 48.0 Å². The molecule has 12 heteroatoms. The van der Waals surface area contributed by atoms with Gasteiger partial charge in [-0.15, -0.1) is 5.06 Å². The van der Waals surface area contributed by atoms with E-state index in [0.717, 1.165) is 31.9 Å². The molecule has 2 rings (SSSR count). The number of rotatable bonds is 13. The zero-order valence-corrected chi connectivity index (χ0v) is 19.1. The van der Waals surface area contributed by atoms with Crippen molar-refractivity contribution < 1.29 is 34.8 Å². The Balaban J connectivity index is 2.38. The summed E-state index contributed by atoms with van der Waals surface area (Å²) in [6, 6.07) is 0. The lowest BCUT2D eigenvalue weighted by Crippen LogP contribution is -2.69. The maximum Gasteiger partial charge on any atom is 0.332 e. The number of unbranched alkanes of at least 4 members (excludes halogenated alkanes) is 5. The van der Waals surface area contributed by atoms with Crippen LogP contribution in [0, 0.1) is 0 Å². The van der Waals surface area contributed by atoms with E-state index in [2.05, 4.69) is 6.92 Å². The first-order chi connectivity index (χ1) is 15.6. The minimum absolute atomic E-state index is 0.0479. The van der Waals surface area contributed by atoms with Gasteiger partial charge in [0.05, 0.1) is 6.61 Å². The second kappa shape index (κ2) is 11.6. The van der Waals surface area contributed by atoms with Gasteiger partial charge in [-0.25, -0.2) is 13.8 Å². The summed E-state index contributed by atoms with van der Waals surface area (Å²) < 4.78 is 20.5. The summed E-state index contributed by atoms with van der Waals surface area (Å²) in [6.07, 6.45) is 0.238. The van der Waals surface area contributed by atoms with Crippen molar-refractivity contribution in [3.05, 3.63) is 32.6 Å². The molecule has 0 saturated carbocycles. The molecule has 2 heterocycles. The van der Waals surface area contributed by atoms with Gasteiger partial charge < -0.3 is 30.4 Å². The third kappa shape index (κ3) is 5.37. The molecule has 1 aromatic rings. The van der Waals surface area contributed by atoms with Crippen molar-refractivity contribution in [2.75, 3.05) is 6.61 Å². The highest BCUT2D eigenvalue weighted by molar-refractivity contribution is 5.10. The van der Waals surface area contributed by atoms with Gasteiger partial charge in [0.2, 0.25) is 5.72 Å². The summed E-state index contributed by atoms with van der Waals surface area (Å²) >= 11 is 0. The fourth-order valence-corrected chi connectivity index (χ4v) is 4.08. The molecule has 0 radical (unpaired) electrons. The summed E-state index contributed by atoms with van der Waals surface area (Å²) in [5.41, 5.74) is -5.19. The quantitative estimate of drug-likeness (QED) is 0.101. The molecule has 1 aliphatic heterocycles. The normalized spacial score (nSPS) is 28.5. The predicted octanol–water partition coefficient (Wildman–Crippen LogP) is 0.270. The van der Waals surface area contributed by atoms with Gasteiger partial charge in [0.25, 0.3) is 5.56 Å².